The number of carbonyl (C=O) groups excluding carboxylic acids is 2. The number of alkyl carbamates (subject to hydrolysis) is 1. The molecule has 1 atom stereocenters. The van der Waals surface area contributed by atoms with Crippen molar-refractivity contribution in [2.24, 2.45) is 0 Å². The van der Waals surface area contributed by atoms with Crippen molar-refractivity contribution in [1.29, 1.82) is 0 Å². The molecule has 1 heterocycles. The van der Waals surface area contributed by atoms with Crippen LogP contribution in [0.4, 0.5) is 4.79 Å². The number of carbonyl (C=O) groups is 2. The molecule has 1 unspecified atom stereocenters. The summed E-state index contributed by atoms with van der Waals surface area (Å²) in [5.74, 6) is 0.207. The number of rotatable bonds is 7. The number of furan rings is 1. The predicted molar refractivity (Wildman–Crippen MR) is 117 cm³/mol. The first-order valence-electron chi connectivity index (χ1n) is 10.1. The second kappa shape index (κ2) is 9.98. The summed E-state index contributed by atoms with van der Waals surface area (Å²) in [6, 6.07) is 19.7. The Bertz CT molecular complexity index is 990. The lowest BCUT2D eigenvalue weighted by atomic mass is 10.0. The molecule has 6 heteroatoms. The third-order valence-corrected chi connectivity index (χ3v) is 4.37. The number of benzene rings is 2. The van der Waals surface area contributed by atoms with E-state index in [0.717, 1.165) is 22.5 Å². The first-order chi connectivity index (χ1) is 14.8. The average Bonchev–Trinajstić information content (AvgIpc) is 3.26. The number of ether oxygens (including phenoxy) is 2. The van der Waals surface area contributed by atoms with E-state index in [2.05, 4.69) is 5.32 Å². The normalized spacial score (nSPS) is 12.1. The van der Waals surface area contributed by atoms with Crippen LogP contribution in [0.15, 0.2) is 77.4 Å². The van der Waals surface area contributed by atoms with Gasteiger partial charge in [-0.25, -0.2) is 9.59 Å². The highest BCUT2D eigenvalue weighted by atomic mass is 16.6. The van der Waals surface area contributed by atoms with Gasteiger partial charge in [-0.15, -0.1) is 0 Å². The van der Waals surface area contributed by atoms with Crippen LogP contribution < -0.4 is 5.32 Å². The van der Waals surface area contributed by atoms with Gasteiger partial charge in [0.05, 0.1) is 6.26 Å². The Morgan fingerprint density at radius 2 is 1.71 bits per heavy atom. The number of esters is 1. The lowest BCUT2D eigenvalue weighted by Crippen LogP contribution is -2.45. The summed E-state index contributed by atoms with van der Waals surface area (Å²) < 4.78 is 16.2. The molecular formula is C25H27NO5. The van der Waals surface area contributed by atoms with Gasteiger partial charge in [0.15, 0.2) is 0 Å². The van der Waals surface area contributed by atoms with E-state index in [-0.39, 0.29) is 13.0 Å². The number of nitrogens with one attached hydrogen (secondary N) is 1. The topological polar surface area (TPSA) is 77.8 Å². The third-order valence-electron chi connectivity index (χ3n) is 4.37. The molecule has 0 radical (unpaired) electrons. The van der Waals surface area contributed by atoms with Gasteiger partial charge in [-0.05, 0) is 50.1 Å². The van der Waals surface area contributed by atoms with Crippen LogP contribution in [-0.4, -0.2) is 23.7 Å². The highest BCUT2D eigenvalue weighted by molar-refractivity contribution is 5.82. The van der Waals surface area contributed by atoms with E-state index in [1.165, 1.54) is 0 Å². The van der Waals surface area contributed by atoms with Gasteiger partial charge in [-0.1, -0.05) is 48.5 Å². The maximum absolute atomic E-state index is 12.8. The van der Waals surface area contributed by atoms with Crippen LogP contribution in [0.2, 0.25) is 0 Å². The van der Waals surface area contributed by atoms with E-state index in [4.69, 9.17) is 13.9 Å². The summed E-state index contributed by atoms with van der Waals surface area (Å²) in [5, 5.41) is 2.65. The van der Waals surface area contributed by atoms with Gasteiger partial charge in [0.25, 0.3) is 0 Å². The molecule has 3 aromatic rings. The molecule has 0 spiro atoms. The van der Waals surface area contributed by atoms with Crippen molar-refractivity contribution in [3.63, 3.8) is 0 Å². The fourth-order valence-electron chi connectivity index (χ4n) is 3.00. The maximum Gasteiger partial charge on any atom is 0.408 e. The molecule has 6 nitrogen and oxygen atoms in total. The van der Waals surface area contributed by atoms with Crippen LogP contribution in [0.5, 0.6) is 0 Å². The van der Waals surface area contributed by atoms with Crippen molar-refractivity contribution >= 4 is 12.1 Å². The second-order valence-electron chi connectivity index (χ2n) is 8.17. The molecule has 0 bridgehead atoms. The number of hydrogen-bond acceptors (Lipinski definition) is 5. The van der Waals surface area contributed by atoms with Crippen molar-refractivity contribution in [3.05, 3.63) is 84.1 Å². The minimum absolute atomic E-state index is 0.113. The highest BCUT2D eigenvalue weighted by Crippen LogP contribution is 2.22. The third kappa shape index (κ3) is 7.03. The molecule has 31 heavy (non-hydrogen) atoms. The van der Waals surface area contributed by atoms with E-state index in [0.29, 0.717) is 0 Å². The quantitative estimate of drug-likeness (QED) is 0.536. The van der Waals surface area contributed by atoms with E-state index < -0.39 is 23.7 Å². The van der Waals surface area contributed by atoms with E-state index in [1.54, 1.807) is 27.0 Å². The lowest BCUT2D eigenvalue weighted by Gasteiger charge is -2.24. The van der Waals surface area contributed by atoms with Gasteiger partial charge in [0, 0.05) is 12.0 Å². The van der Waals surface area contributed by atoms with Gasteiger partial charge in [-0.2, -0.15) is 0 Å². The van der Waals surface area contributed by atoms with Crippen molar-refractivity contribution in [2.45, 2.75) is 45.4 Å². The first kappa shape index (κ1) is 22.2. The predicted octanol–water partition coefficient (Wildman–Crippen LogP) is 5.13. The van der Waals surface area contributed by atoms with Crippen LogP contribution in [0.1, 0.15) is 31.9 Å². The Kier molecular flexibility index (Phi) is 7.13. The van der Waals surface area contributed by atoms with Gasteiger partial charge in [0.1, 0.15) is 24.0 Å². The van der Waals surface area contributed by atoms with Gasteiger partial charge in [0.2, 0.25) is 0 Å². The van der Waals surface area contributed by atoms with Crippen LogP contribution in [0, 0.1) is 0 Å². The Hall–Kier alpha value is -3.54. The van der Waals surface area contributed by atoms with E-state index >= 15 is 0 Å². The largest absolute Gasteiger partial charge is 0.464 e. The van der Waals surface area contributed by atoms with Crippen molar-refractivity contribution in [3.8, 4) is 11.3 Å². The van der Waals surface area contributed by atoms with E-state index in [1.807, 2.05) is 66.7 Å². The lowest BCUT2D eigenvalue weighted by molar-refractivity contribution is -0.157. The van der Waals surface area contributed by atoms with Gasteiger partial charge < -0.3 is 19.2 Å². The molecule has 1 N–H and O–H groups in total. The molecule has 0 aliphatic carbocycles. The van der Waals surface area contributed by atoms with Crippen LogP contribution >= 0.6 is 0 Å². The summed E-state index contributed by atoms with van der Waals surface area (Å²) in [4.78, 5) is 25.2. The molecular weight excluding hydrogens is 394 g/mol. The number of amides is 1. The molecule has 0 aliphatic heterocycles. The molecule has 1 amide bonds. The molecule has 0 saturated heterocycles. The minimum Gasteiger partial charge on any atom is -0.464 e. The van der Waals surface area contributed by atoms with Crippen molar-refractivity contribution in [2.75, 3.05) is 0 Å². The average molecular weight is 421 g/mol. The van der Waals surface area contributed by atoms with E-state index in [9.17, 15) is 9.59 Å². The zero-order valence-corrected chi connectivity index (χ0v) is 18.0. The smallest absolute Gasteiger partial charge is 0.408 e. The van der Waals surface area contributed by atoms with Crippen LogP contribution in [0.3, 0.4) is 0 Å². The molecule has 0 saturated carbocycles. The Morgan fingerprint density at radius 1 is 0.968 bits per heavy atom. The zero-order valence-electron chi connectivity index (χ0n) is 18.0. The SMILES string of the molecule is CC(C)(C)OC(=O)C(Cc1cccc(-c2ccco2)c1)NC(=O)OCc1ccccc1. The molecule has 2 aromatic carbocycles. The Labute approximate surface area is 182 Å². The van der Waals surface area contributed by atoms with Crippen LogP contribution in [-0.2, 0) is 27.3 Å². The highest BCUT2D eigenvalue weighted by Gasteiger charge is 2.27. The molecule has 0 aliphatic rings. The van der Waals surface area contributed by atoms with Gasteiger partial charge in [-0.3, -0.25) is 0 Å². The minimum atomic E-state index is -0.894. The fourth-order valence-corrected chi connectivity index (χ4v) is 3.00. The summed E-state index contributed by atoms with van der Waals surface area (Å²) in [6.07, 6.45) is 1.18. The Morgan fingerprint density at radius 3 is 2.39 bits per heavy atom. The standard InChI is InChI=1S/C25H27NO5/c1-25(2,3)31-23(27)21(26-24(28)30-17-18-9-5-4-6-10-18)16-19-11-7-12-20(15-19)22-13-8-14-29-22/h4-15,21H,16-17H2,1-3H3,(H,26,28). The van der Waals surface area contributed by atoms with Crippen LogP contribution in [0.25, 0.3) is 11.3 Å². The van der Waals surface area contributed by atoms with Gasteiger partial charge >= 0.3 is 12.1 Å². The summed E-state index contributed by atoms with van der Waals surface area (Å²) in [6.45, 7) is 5.47. The van der Waals surface area contributed by atoms with Crippen molar-refractivity contribution in [1.82, 2.24) is 5.32 Å². The molecule has 3 rings (SSSR count). The van der Waals surface area contributed by atoms with Crippen molar-refractivity contribution < 1.29 is 23.5 Å². The summed E-state index contributed by atoms with van der Waals surface area (Å²) in [7, 11) is 0. The maximum atomic E-state index is 12.8. The Balaban J connectivity index is 1.71. The fraction of sp³-hybridized carbons (Fsp3) is 0.280. The molecule has 0 fully saturated rings. The summed E-state index contributed by atoms with van der Waals surface area (Å²) in [5.41, 5.74) is 1.92. The molecule has 162 valence electrons. The number of hydrogen-bond donors (Lipinski definition) is 1. The zero-order chi connectivity index (χ0) is 22.3. The summed E-state index contributed by atoms with van der Waals surface area (Å²) >= 11 is 0. The molecule has 1 aromatic heterocycles. The monoisotopic (exact) mass is 421 g/mol. The first-order valence-corrected chi connectivity index (χ1v) is 10.1. The second-order valence-corrected chi connectivity index (χ2v) is 8.17.